The molecular weight excluding hydrogens is 328 g/mol. The van der Waals surface area contributed by atoms with Crippen LogP contribution in [-0.4, -0.2) is 8.07 Å². The van der Waals surface area contributed by atoms with Crippen molar-refractivity contribution in [2.24, 2.45) is 47.3 Å². The maximum Gasteiger partial charge on any atom is 0.0608 e. The number of hydrogen-bond acceptors (Lipinski definition) is 0. The molecule has 4 saturated carbocycles. The maximum absolute atomic E-state index is 2.71. The van der Waals surface area contributed by atoms with Gasteiger partial charge in [0.1, 0.15) is 0 Å². The Morgan fingerprint density at radius 3 is 1.35 bits per heavy atom. The summed E-state index contributed by atoms with van der Waals surface area (Å²) in [5.41, 5.74) is 2.46. The van der Waals surface area contributed by atoms with E-state index < -0.39 is 8.07 Å². The van der Waals surface area contributed by atoms with Crippen LogP contribution in [0.1, 0.15) is 85.5 Å². The van der Waals surface area contributed by atoms with Crippen molar-refractivity contribution in [3.05, 3.63) is 0 Å². The lowest BCUT2D eigenvalue weighted by Crippen LogP contribution is -2.56. The molecule has 1 heterocycles. The van der Waals surface area contributed by atoms with E-state index >= 15 is 0 Å². The summed E-state index contributed by atoms with van der Waals surface area (Å²) in [6, 6.07) is 3.48. The molecule has 148 valence electrons. The summed E-state index contributed by atoms with van der Waals surface area (Å²) >= 11 is 0. The van der Waals surface area contributed by atoms with Gasteiger partial charge < -0.3 is 0 Å². The lowest BCUT2D eigenvalue weighted by Gasteiger charge is -2.57. The van der Waals surface area contributed by atoms with E-state index in [0.717, 1.165) is 47.3 Å². The molecule has 0 amide bonds. The number of hydrogen-bond donors (Lipinski definition) is 0. The highest BCUT2D eigenvalue weighted by atomic mass is 28.3. The Morgan fingerprint density at radius 2 is 0.962 bits per heavy atom. The molecule has 0 nitrogen and oxygen atoms in total. The van der Waals surface area contributed by atoms with Gasteiger partial charge in [0.2, 0.25) is 0 Å². The molecule has 0 aromatic heterocycles. The molecule has 10 unspecified atom stereocenters. The second kappa shape index (κ2) is 6.63. The molecule has 5 rings (SSSR count). The molecule has 10 atom stereocenters. The SMILES string of the molecule is CC1CCCC2C1CC(C)C2[Si]1(C2C(C)CC3C(C)CCCC32)CCC1. The summed E-state index contributed by atoms with van der Waals surface area (Å²) in [5, 5.41) is 0. The lowest BCUT2D eigenvalue weighted by atomic mass is 9.74. The second-order valence-electron chi connectivity index (χ2n) is 12.0. The van der Waals surface area contributed by atoms with Crippen LogP contribution in [0.25, 0.3) is 0 Å². The highest BCUT2D eigenvalue weighted by molar-refractivity contribution is 6.85. The topological polar surface area (TPSA) is 0 Å². The minimum atomic E-state index is -1.08. The first-order chi connectivity index (χ1) is 12.5. The van der Waals surface area contributed by atoms with Crippen molar-refractivity contribution in [1.29, 1.82) is 0 Å². The second-order valence-corrected chi connectivity index (χ2v) is 16.8. The van der Waals surface area contributed by atoms with Crippen molar-refractivity contribution in [2.45, 2.75) is 109 Å². The smallest absolute Gasteiger partial charge is 0.0608 e. The molecular formula is C25H44Si. The zero-order valence-corrected chi connectivity index (χ0v) is 19.1. The van der Waals surface area contributed by atoms with E-state index in [1.807, 2.05) is 0 Å². The predicted molar refractivity (Wildman–Crippen MR) is 115 cm³/mol. The predicted octanol–water partition coefficient (Wildman–Crippen LogP) is 7.76. The maximum atomic E-state index is 2.71. The van der Waals surface area contributed by atoms with E-state index in [1.165, 1.54) is 23.9 Å². The molecule has 4 aliphatic carbocycles. The third-order valence-corrected chi connectivity index (χ3v) is 18.2. The molecule has 1 saturated heterocycles. The van der Waals surface area contributed by atoms with Crippen LogP contribution in [0, 0.1) is 47.3 Å². The van der Waals surface area contributed by atoms with E-state index in [0.29, 0.717) is 0 Å². The monoisotopic (exact) mass is 372 g/mol. The van der Waals surface area contributed by atoms with Crippen LogP contribution in [0.4, 0.5) is 0 Å². The van der Waals surface area contributed by atoms with Gasteiger partial charge in [-0.25, -0.2) is 0 Å². The molecule has 0 aromatic carbocycles. The van der Waals surface area contributed by atoms with Gasteiger partial charge in [0.05, 0.1) is 8.07 Å². The molecule has 0 spiro atoms. The molecule has 26 heavy (non-hydrogen) atoms. The zero-order chi connectivity index (χ0) is 18.1. The van der Waals surface area contributed by atoms with Gasteiger partial charge in [-0.05, 0) is 71.3 Å². The summed E-state index contributed by atoms with van der Waals surface area (Å²) in [6.45, 7) is 10.6. The Bertz CT molecular complexity index is 480. The first-order valence-electron chi connectivity index (χ1n) is 12.5. The first-order valence-corrected chi connectivity index (χ1v) is 15.1. The number of fused-ring (bicyclic) bond motifs is 2. The minimum absolute atomic E-state index is 1.04. The molecule has 0 N–H and O–H groups in total. The van der Waals surface area contributed by atoms with E-state index in [-0.39, 0.29) is 0 Å². The summed E-state index contributed by atoms with van der Waals surface area (Å²) in [4.78, 5) is 0. The van der Waals surface area contributed by atoms with Crippen LogP contribution in [0.5, 0.6) is 0 Å². The highest BCUT2D eigenvalue weighted by Crippen LogP contribution is 2.70. The van der Waals surface area contributed by atoms with Gasteiger partial charge in [-0.3, -0.25) is 0 Å². The molecule has 1 aliphatic heterocycles. The molecule has 0 bridgehead atoms. The molecule has 1 heteroatoms. The van der Waals surface area contributed by atoms with E-state index in [1.54, 1.807) is 57.0 Å². The Kier molecular flexibility index (Phi) is 4.66. The van der Waals surface area contributed by atoms with Gasteiger partial charge in [-0.1, -0.05) is 84.7 Å². The van der Waals surface area contributed by atoms with Crippen LogP contribution in [0.15, 0.2) is 0 Å². The van der Waals surface area contributed by atoms with Gasteiger partial charge in [0.25, 0.3) is 0 Å². The van der Waals surface area contributed by atoms with E-state index in [2.05, 4.69) is 27.7 Å². The van der Waals surface area contributed by atoms with Crippen molar-refractivity contribution in [3.8, 4) is 0 Å². The lowest BCUT2D eigenvalue weighted by molar-refractivity contribution is 0.186. The van der Waals surface area contributed by atoms with Crippen molar-refractivity contribution in [2.75, 3.05) is 0 Å². The summed E-state index contributed by atoms with van der Waals surface area (Å²) in [6.07, 6.45) is 14.2. The van der Waals surface area contributed by atoms with Crippen LogP contribution in [0.3, 0.4) is 0 Å². The summed E-state index contributed by atoms with van der Waals surface area (Å²) in [7, 11) is -1.08. The Balaban J connectivity index is 1.48. The Labute approximate surface area is 164 Å². The van der Waals surface area contributed by atoms with E-state index in [4.69, 9.17) is 0 Å². The minimum Gasteiger partial charge on any atom is -0.0625 e. The van der Waals surface area contributed by atoms with Crippen molar-refractivity contribution >= 4 is 8.07 Å². The van der Waals surface area contributed by atoms with E-state index in [9.17, 15) is 0 Å². The fourth-order valence-electron chi connectivity index (χ4n) is 10.2. The zero-order valence-electron chi connectivity index (χ0n) is 18.1. The Hall–Kier alpha value is 0.217. The fourth-order valence-corrected chi connectivity index (χ4v) is 18.2. The third-order valence-electron chi connectivity index (χ3n) is 11.0. The van der Waals surface area contributed by atoms with Gasteiger partial charge in [0.15, 0.2) is 0 Å². The molecule has 5 fully saturated rings. The summed E-state index contributed by atoms with van der Waals surface area (Å²) in [5.74, 6) is 8.78. The van der Waals surface area contributed by atoms with Crippen LogP contribution in [0.2, 0.25) is 23.2 Å². The van der Waals surface area contributed by atoms with Crippen molar-refractivity contribution in [3.63, 3.8) is 0 Å². The largest absolute Gasteiger partial charge is 0.0625 e. The average Bonchev–Trinajstić information content (AvgIpc) is 3.08. The van der Waals surface area contributed by atoms with Crippen molar-refractivity contribution < 1.29 is 0 Å². The quantitative estimate of drug-likeness (QED) is 0.434. The van der Waals surface area contributed by atoms with Gasteiger partial charge in [-0.2, -0.15) is 0 Å². The summed E-state index contributed by atoms with van der Waals surface area (Å²) < 4.78 is 0. The van der Waals surface area contributed by atoms with Gasteiger partial charge >= 0.3 is 0 Å². The highest BCUT2D eigenvalue weighted by Gasteiger charge is 2.64. The van der Waals surface area contributed by atoms with Gasteiger partial charge in [0, 0.05) is 0 Å². The Morgan fingerprint density at radius 1 is 0.500 bits per heavy atom. The average molecular weight is 373 g/mol. The molecule has 0 radical (unpaired) electrons. The number of rotatable bonds is 2. The van der Waals surface area contributed by atoms with Crippen LogP contribution >= 0.6 is 0 Å². The van der Waals surface area contributed by atoms with Crippen LogP contribution < -0.4 is 0 Å². The van der Waals surface area contributed by atoms with Crippen LogP contribution in [-0.2, 0) is 0 Å². The van der Waals surface area contributed by atoms with Gasteiger partial charge in [-0.15, -0.1) is 0 Å². The standard InChI is InChI=1S/C25H44Si/c1-16-8-5-10-20-22(16)14-18(3)24(20)26(12-7-13-26)25-19(4)15-23-17(2)9-6-11-21(23)25/h16-25H,5-15H2,1-4H3. The molecule has 5 aliphatic rings. The van der Waals surface area contributed by atoms with Crippen molar-refractivity contribution in [1.82, 2.24) is 0 Å². The third kappa shape index (κ3) is 2.50. The normalized spacial score (nSPS) is 55.8. The first kappa shape index (κ1) is 18.3. The molecule has 0 aromatic rings. The fraction of sp³-hybridized carbons (Fsp3) is 1.00.